The van der Waals surface area contributed by atoms with Crippen LogP contribution in [0.1, 0.15) is 54.7 Å². The molecule has 0 radical (unpaired) electrons. The molecule has 5 heterocycles. The first-order chi connectivity index (χ1) is 15.0. The zero-order chi connectivity index (χ0) is 21.2. The van der Waals surface area contributed by atoms with Crippen LogP contribution in [0.4, 0.5) is 19.0 Å². The third kappa shape index (κ3) is 3.19. The molecule has 1 saturated carbocycles. The van der Waals surface area contributed by atoms with E-state index in [0.29, 0.717) is 23.9 Å². The number of pyridine rings is 1. The zero-order valence-electron chi connectivity index (χ0n) is 16.5. The minimum absolute atomic E-state index is 0.0476. The molecule has 0 aromatic carbocycles. The van der Waals surface area contributed by atoms with Crippen LogP contribution in [-0.4, -0.2) is 47.5 Å². The lowest BCUT2D eigenvalue weighted by atomic mass is 9.97. The molecule has 1 saturated heterocycles. The smallest absolute Gasteiger partial charge is 0.354 e. The van der Waals surface area contributed by atoms with Crippen LogP contribution >= 0.6 is 0 Å². The fourth-order valence-corrected chi connectivity index (χ4v) is 4.31. The Morgan fingerprint density at radius 1 is 0.839 bits per heavy atom. The van der Waals surface area contributed by atoms with Gasteiger partial charge in [0.15, 0.2) is 17.1 Å². The summed E-state index contributed by atoms with van der Waals surface area (Å²) in [5.74, 6) is 2.64. The van der Waals surface area contributed by atoms with Gasteiger partial charge in [-0.2, -0.15) is 17.7 Å². The van der Waals surface area contributed by atoms with E-state index in [4.69, 9.17) is 5.10 Å². The largest absolute Gasteiger partial charge is 0.417 e. The third-order valence-electron chi connectivity index (χ3n) is 6.08. The second-order valence-electron chi connectivity index (χ2n) is 8.28. The van der Waals surface area contributed by atoms with E-state index >= 15 is 0 Å². The minimum atomic E-state index is -4.41. The number of piperidine rings is 1. The molecule has 4 aromatic heterocycles. The number of alkyl halides is 3. The highest BCUT2D eigenvalue weighted by Crippen LogP contribution is 2.39. The van der Waals surface area contributed by atoms with Gasteiger partial charge in [0.2, 0.25) is 0 Å². The van der Waals surface area contributed by atoms with Gasteiger partial charge < -0.3 is 4.90 Å². The molecule has 0 N–H and O–H groups in total. The van der Waals surface area contributed by atoms with E-state index in [1.54, 1.807) is 0 Å². The van der Waals surface area contributed by atoms with Gasteiger partial charge >= 0.3 is 6.18 Å². The second-order valence-corrected chi connectivity index (χ2v) is 8.28. The van der Waals surface area contributed by atoms with Crippen molar-refractivity contribution in [3.8, 4) is 0 Å². The molecule has 0 spiro atoms. The van der Waals surface area contributed by atoms with E-state index in [9.17, 15) is 13.2 Å². The van der Waals surface area contributed by atoms with Crippen molar-refractivity contribution < 1.29 is 13.2 Å². The zero-order valence-corrected chi connectivity index (χ0v) is 16.5. The monoisotopic (exact) mass is 428 g/mol. The molecule has 31 heavy (non-hydrogen) atoms. The van der Waals surface area contributed by atoms with Crippen molar-refractivity contribution in [3.63, 3.8) is 0 Å². The molecule has 1 aliphatic carbocycles. The molecule has 0 amide bonds. The van der Waals surface area contributed by atoms with Gasteiger partial charge in [-0.25, -0.2) is 0 Å². The highest BCUT2D eigenvalue weighted by Gasteiger charge is 2.33. The normalized spacial score (nSPS) is 20.1. The molecule has 1 atom stereocenters. The van der Waals surface area contributed by atoms with Crippen LogP contribution in [0.15, 0.2) is 30.5 Å². The number of anilines is 1. The van der Waals surface area contributed by atoms with Crippen molar-refractivity contribution >= 4 is 17.1 Å². The average Bonchev–Trinajstić information content (AvgIpc) is 3.38. The molecule has 8 nitrogen and oxygen atoms in total. The second kappa shape index (κ2) is 6.63. The molecule has 2 aliphatic rings. The fraction of sp³-hybridized carbons (Fsp3) is 0.450. The van der Waals surface area contributed by atoms with Crippen LogP contribution < -0.4 is 4.90 Å². The summed E-state index contributed by atoms with van der Waals surface area (Å²) >= 11 is 0. The van der Waals surface area contributed by atoms with Gasteiger partial charge in [0.1, 0.15) is 11.6 Å². The first kappa shape index (κ1) is 18.5. The van der Waals surface area contributed by atoms with Crippen LogP contribution in [-0.2, 0) is 6.18 Å². The maximum absolute atomic E-state index is 13.2. The quantitative estimate of drug-likeness (QED) is 0.498. The molecular formula is C20H19F3N8. The molecule has 4 aromatic rings. The fourth-order valence-electron chi connectivity index (χ4n) is 4.31. The van der Waals surface area contributed by atoms with Crippen LogP contribution in [0.3, 0.4) is 0 Å². The molecular weight excluding hydrogens is 409 g/mol. The average molecular weight is 428 g/mol. The van der Waals surface area contributed by atoms with Crippen molar-refractivity contribution in [2.24, 2.45) is 0 Å². The lowest BCUT2D eigenvalue weighted by molar-refractivity contribution is -0.137. The Balaban J connectivity index is 1.32. The molecule has 11 heteroatoms. The summed E-state index contributed by atoms with van der Waals surface area (Å²) < 4.78 is 42.9. The van der Waals surface area contributed by atoms with Gasteiger partial charge in [-0.05, 0) is 49.9 Å². The van der Waals surface area contributed by atoms with Crippen LogP contribution in [0.25, 0.3) is 11.3 Å². The van der Waals surface area contributed by atoms with Crippen LogP contribution in [0.5, 0.6) is 0 Å². The Hall–Kier alpha value is -3.24. The number of halogens is 3. The maximum atomic E-state index is 13.2. The predicted molar refractivity (Wildman–Crippen MR) is 105 cm³/mol. The third-order valence-corrected chi connectivity index (χ3v) is 6.08. The van der Waals surface area contributed by atoms with E-state index in [0.717, 1.165) is 61.8 Å². The number of nitrogens with zero attached hydrogens (tertiary/aromatic N) is 8. The summed E-state index contributed by atoms with van der Waals surface area (Å²) in [7, 11) is 0. The Kier molecular flexibility index (Phi) is 3.96. The van der Waals surface area contributed by atoms with E-state index in [-0.39, 0.29) is 5.92 Å². The highest BCUT2D eigenvalue weighted by atomic mass is 19.4. The van der Waals surface area contributed by atoms with Gasteiger partial charge in [0, 0.05) is 31.1 Å². The molecule has 1 aliphatic heterocycles. The van der Waals surface area contributed by atoms with Crippen molar-refractivity contribution in [1.82, 2.24) is 34.4 Å². The number of fused-ring (bicyclic) bond motifs is 2. The lowest BCUT2D eigenvalue weighted by Crippen LogP contribution is -2.36. The Labute approximate surface area is 174 Å². The Morgan fingerprint density at radius 2 is 1.61 bits per heavy atom. The summed E-state index contributed by atoms with van der Waals surface area (Å²) in [6, 6.07) is 6.23. The summed E-state index contributed by atoms with van der Waals surface area (Å²) in [6.45, 7) is 1.43. The van der Waals surface area contributed by atoms with Crippen molar-refractivity contribution in [3.05, 3.63) is 47.7 Å². The van der Waals surface area contributed by atoms with E-state index < -0.39 is 11.7 Å². The van der Waals surface area contributed by atoms with Gasteiger partial charge in [-0.15, -0.1) is 25.5 Å². The number of rotatable bonds is 3. The molecule has 2 fully saturated rings. The SMILES string of the molecule is FC(F)(F)c1ccc2nnc(C3CCCN(c4ccc5nnc(C6CC6)n5n4)C3)n2c1. The van der Waals surface area contributed by atoms with E-state index in [1.807, 2.05) is 16.6 Å². The predicted octanol–water partition coefficient (Wildman–Crippen LogP) is 3.45. The number of hydrogen-bond acceptors (Lipinski definition) is 6. The summed E-state index contributed by atoms with van der Waals surface area (Å²) in [5.41, 5.74) is 0.432. The minimum Gasteiger partial charge on any atom is -0.354 e. The summed E-state index contributed by atoms with van der Waals surface area (Å²) in [5, 5.41) is 21.6. The van der Waals surface area contributed by atoms with Gasteiger partial charge in [-0.1, -0.05) is 0 Å². The standard InChI is InChI=1S/C20H19F3N8/c21-20(22,23)14-5-6-15-24-26-18(30(15)11-14)13-2-1-9-29(10-13)17-8-7-16-25-27-19(12-3-4-12)31(16)28-17/h5-8,11-13H,1-4,9-10H2. The first-order valence-corrected chi connectivity index (χ1v) is 10.4. The molecule has 160 valence electrons. The summed E-state index contributed by atoms with van der Waals surface area (Å²) in [4.78, 5) is 2.15. The van der Waals surface area contributed by atoms with E-state index in [2.05, 4.69) is 25.3 Å². The van der Waals surface area contributed by atoms with Crippen LogP contribution in [0, 0.1) is 0 Å². The summed E-state index contributed by atoms with van der Waals surface area (Å²) in [6.07, 6.45) is 0.612. The van der Waals surface area contributed by atoms with Crippen LogP contribution in [0.2, 0.25) is 0 Å². The van der Waals surface area contributed by atoms with Crippen molar-refractivity contribution in [1.29, 1.82) is 0 Å². The maximum Gasteiger partial charge on any atom is 0.417 e. The van der Waals surface area contributed by atoms with Gasteiger partial charge in [0.05, 0.1) is 5.56 Å². The first-order valence-electron chi connectivity index (χ1n) is 10.4. The Bertz CT molecular complexity index is 1270. The number of aromatic nitrogens is 7. The lowest BCUT2D eigenvalue weighted by Gasteiger charge is -2.32. The molecule has 1 unspecified atom stereocenters. The molecule has 0 bridgehead atoms. The topological polar surface area (TPSA) is 76.5 Å². The highest BCUT2D eigenvalue weighted by molar-refractivity contribution is 5.47. The molecule has 6 rings (SSSR count). The van der Waals surface area contributed by atoms with Crippen molar-refractivity contribution in [2.45, 2.75) is 43.7 Å². The van der Waals surface area contributed by atoms with Gasteiger partial charge in [-0.3, -0.25) is 4.40 Å². The Morgan fingerprint density at radius 3 is 2.42 bits per heavy atom. The van der Waals surface area contributed by atoms with Gasteiger partial charge in [0.25, 0.3) is 0 Å². The number of hydrogen-bond donors (Lipinski definition) is 0. The van der Waals surface area contributed by atoms with Crippen molar-refractivity contribution in [2.75, 3.05) is 18.0 Å². The van der Waals surface area contributed by atoms with E-state index in [1.165, 1.54) is 10.5 Å².